The van der Waals surface area contributed by atoms with Crippen LogP contribution in [-0.2, 0) is 11.3 Å². The Hall–Kier alpha value is -3.61. The molecule has 0 fully saturated rings. The summed E-state index contributed by atoms with van der Waals surface area (Å²) in [5.74, 6) is -1.15. The van der Waals surface area contributed by atoms with Crippen LogP contribution in [0.15, 0.2) is 59.5 Å². The number of nitrogens with one attached hydrogen (secondary N) is 2. The summed E-state index contributed by atoms with van der Waals surface area (Å²) in [4.78, 5) is 37.3. The number of carbonyl (C=O) groups is 2. The summed E-state index contributed by atoms with van der Waals surface area (Å²) in [5.41, 5.74) is 0.714. The molecule has 2 aromatic carbocycles. The van der Waals surface area contributed by atoms with E-state index in [4.69, 9.17) is 9.84 Å². The summed E-state index contributed by atoms with van der Waals surface area (Å²) in [6.45, 7) is 0.115. The van der Waals surface area contributed by atoms with Crippen LogP contribution >= 0.6 is 0 Å². The largest absolute Gasteiger partial charge is 0.478 e. The first-order valence-electron chi connectivity index (χ1n) is 7.41. The molecule has 126 valence electrons. The van der Waals surface area contributed by atoms with Crippen LogP contribution < -0.4 is 10.9 Å². The fourth-order valence-electron chi connectivity index (χ4n) is 2.39. The molecule has 3 N–H and O–H groups in total. The number of ether oxygens (including phenoxy) is 1. The van der Waals surface area contributed by atoms with E-state index in [1.807, 2.05) is 30.3 Å². The molecule has 0 unspecified atom stereocenters. The highest BCUT2D eigenvalue weighted by Crippen LogP contribution is 2.19. The molecule has 0 atom stereocenters. The molecule has 7 nitrogen and oxygen atoms in total. The standard InChI is InChI=1S/C18H14N2O5/c21-16-14-8-12(6-7-13(14)15(9-19-16)17(22)23)20-18(24)25-10-11-4-2-1-3-5-11/h1-9H,10H2,(H,19,21)(H,20,24)(H,22,23). The van der Waals surface area contributed by atoms with Gasteiger partial charge in [0.2, 0.25) is 0 Å². The number of anilines is 1. The van der Waals surface area contributed by atoms with Gasteiger partial charge in [0, 0.05) is 22.7 Å². The van der Waals surface area contributed by atoms with E-state index in [0.717, 1.165) is 11.8 Å². The van der Waals surface area contributed by atoms with Crippen molar-refractivity contribution in [1.82, 2.24) is 4.98 Å². The minimum Gasteiger partial charge on any atom is -0.478 e. The number of pyridine rings is 1. The monoisotopic (exact) mass is 338 g/mol. The van der Waals surface area contributed by atoms with Crippen molar-refractivity contribution in [2.24, 2.45) is 0 Å². The number of aromatic nitrogens is 1. The molecule has 0 saturated carbocycles. The lowest BCUT2D eigenvalue weighted by molar-refractivity contribution is 0.0698. The van der Waals surface area contributed by atoms with Gasteiger partial charge in [-0.2, -0.15) is 0 Å². The summed E-state index contributed by atoms with van der Waals surface area (Å²) in [6, 6.07) is 13.6. The van der Waals surface area contributed by atoms with Crippen molar-refractivity contribution in [3.63, 3.8) is 0 Å². The Labute approximate surface area is 141 Å². The van der Waals surface area contributed by atoms with Crippen LogP contribution in [0, 0.1) is 0 Å². The molecule has 3 aromatic rings. The molecule has 0 bridgehead atoms. The van der Waals surface area contributed by atoms with E-state index in [2.05, 4.69) is 10.3 Å². The van der Waals surface area contributed by atoms with Crippen LogP contribution in [0.1, 0.15) is 15.9 Å². The molecule has 1 heterocycles. The van der Waals surface area contributed by atoms with Crippen LogP contribution in [0.5, 0.6) is 0 Å². The first-order chi connectivity index (χ1) is 12.0. The van der Waals surface area contributed by atoms with Crippen LogP contribution in [0.25, 0.3) is 10.8 Å². The molecule has 7 heteroatoms. The van der Waals surface area contributed by atoms with E-state index in [0.29, 0.717) is 11.1 Å². The second-order valence-electron chi connectivity index (χ2n) is 5.28. The molecule has 1 aromatic heterocycles. The van der Waals surface area contributed by atoms with Crippen molar-refractivity contribution >= 4 is 28.5 Å². The van der Waals surface area contributed by atoms with Gasteiger partial charge >= 0.3 is 12.1 Å². The highest BCUT2D eigenvalue weighted by Gasteiger charge is 2.12. The van der Waals surface area contributed by atoms with Gasteiger partial charge in [-0.1, -0.05) is 36.4 Å². The van der Waals surface area contributed by atoms with E-state index in [9.17, 15) is 14.4 Å². The van der Waals surface area contributed by atoms with E-state index in [1.54, 1.807) is 0 Å². The van der Waals surface area contributed by atoms with Gasteiger partial charge < -0.3 is 14.8 Å². The zero-order valence-electron chi connectivity index (χ0n) is 13.0. The van der Waals surface area contributed by atoms with Gasteiger partial charge in [-0.3, -0.25) is 10.1 Å². The van der Waals surface area contributed by atoms with E-state index < -0.39 is 17.6 Å². The number of H-pyrrole nitrogens is 1. The maximum Gasteiger partial charge on any atom is 0.411 e. The molecule has 1 amide bonds. The summed E-state index contributed by atoms with van der Waals surface area (Å²) >= 11 is 0. The topological polar surface area (TPSA) is 108 Å². The van der Waals surface area contributed by atoms with Gasteiger partial charge in [0.15, 0.2) is 0 Å². The Balaban J connectivity index is 1.78. The lowest BCUT2D eigenvalue weighted by Gasteiger charge is -2.08. The second kappa shape index (κ2) is 6.88. The van der Waals surface area contributed by atoms with Crippen molar-refractivity contribution < 1.29 is 19.4 Å². The van der Waals surface area contributed by atoms with Gasteiger partial charge in [0.1, 0.15) is 6.61 Å². The Bertz CT molecular complexity index is 995. The van der Waals surface area contributed by atoms with Crippen molar-refractivity contribution in [3.8, 4) is 0 Å². The van der Waals surface area contributed by atoms with E-state index >= 15 is 0 Å². The van der Waals surface area contributed by atoms with Crippen LogP contribution in [-0.4, -0.2) is 22.2 Å². The number of hydrogen-bond donors (Lipinski definition) is 3. The number of aromatic amines is 1. The Morgan fingerprint density at radius 1 is 1.08 bits per heavy atom. The Morgan fingerprint density at radius 2 is 1.84 bits per heavy atom. The lowest BCUT2D eigenvalue weighted by Crippen LogP contribution is -2.15. The molecule has 3 rings (SSSR count). The Kier molecular flexibility index (Phi) is 4.47. The van der Waals surface area contributed by atoms with Gasteiger partial charge in [-0.25, -0.2) is 9.59 Å². The summed E-state index contributed by atoms with van der Waals surface area (Å²) in [7, 11) is 0. The smallest absolute Gasteiger partial charge is 0.411 e. The number of hydrogen-bond acceptors (Lipinski definition) is 4. The number of aromatic carboxylic acids is 1. The third kappa shape index (κ3) is 3.66. The SMILES string of the molecule is O=C(Nc1ccc2c(C(=O)O)c[nH]c(=O)c2c1)OCc1ccccc1. The molecular formula is C18H14N2O5. The molecule has 0 radical (unpaired) electrons. The quantitative estimate of drug-likeness (QED) is 0.678. The van der Waals surface area contributed by atoms with Crippen molar-refractivity contribution in [1.29, 1.82) is 0 Å². The predicted octanol–water partition coefficient (Wildman–Crippen LogP) is 2.98. The van der Waals surface area contributed by atoms with Crippen LogP contribution in [0.3, 0.4) is 0 Å². The molecular weight excluding hydrogens is 324 g/mol. The normalized spacial score (nSPS) is 10.4. The van der Waals surface area contributed by atoms with Gasteiger partial charge in [0.05, 0.1) is 5.56 Å². The van der Waals surface area contributed by atoms with E-state index in [1.165, 1.54) is 18.2 Å². The summed E-state index contributed by atoms with van der Waals surface area (Å²) in [6.07, 6.45) is 0.475. The van der Waals surface area contributed by atoms with Crippen molar-refractivity contribution in [2.75, 3.05) is 5.32 Å². The minimum atomic E-state index is -1.15. The lowest BCUT2D eigenvalue weighted by atomic mass is 10.1. The zero-order chi connectivity index (χ0) is 17.8. The number of carboxylic acid groups (broad SMARTS) is 1. The third-order valence-corrected chi connectivity index (χ3v) is 3.59. The van der Waals surface area contributed by atoms with Crippen molar-refractivity contribution in [2.45, 2.75) is 6.61 Å². The first-order valence-corrected chi connectivity index (χ1v) is 7.41. The fourth-order valence-corrected chi connectivity index (χ4v) is 2.39. The fraction of sp³-hybridized carbons (Fsp3) is 0.0556. The second-order valence-corrected chi connectivity index (χ2v) is 5.28. The number of rotatable bonds is 4. The van der Waals surface area contributed by atoms with Gasteiger partial charge in [-0.05, 0) is 17.7 Å². The highest BCUT2D eigenvalue weighted by molar-refractivity contribution is 6.04. The average molecular weight is 338 g/mol. The molecule has 25 heavy (non-hydrogen) atoms. The highest BCUT2D eigenvalue weighted by atomic mass is 16.5. The summed E-state index contributed by atoms with van der Waals surface area (Å²) < 4.78 is 5.11. The van der Waals surface area contributed by atoms with Gasteiger partial charge in [-0.15, -0.1) is 0 Å². The molecule has 0 saturated heterocycles. The number of carboxylic acids is 1. The number of benzene rings is 2. The molecule has 0 aliphatic rings. The zero-order valence-corrected chi connectivity index (χ0v) is 13.0. The molecule has 0 aliphatic heterocycles. The maximum atomic E-state index is 11.9. The van der Waals surface area contributed by atoms with Crippen LogP contribution in [0.4, 0.5) is 10.5 Å². The predicted molar refractivity (Wildman–Crippen MR) is 91.8 cm³/mol. The van der Waals surface area contributed by atoms with Crippen molar-refractivity contribution in [3.05, 3.63) is 76.2 Å². The maximum absolute atomic E-state index is 11.9. The minimum absolute atomic E-state index is 0.0206. The molecule has 0 spiro atoms. The number of amides is 1. The number of fused-ring (bicyclic) bond motifs is 1. The van der Waals surface area contributed by atoms with E-state index in [-0.39, 0.29) is 17.6 Å². The molecule has 0 aliphatic carbocycles. The first kappa shape index (κ1) is 16.3. The average Bonchev–Trinajstić information content (AvgIpc) is 2.61. The third-order valence-electron chi connectivity index (χ3n) is 3.59. The summed E-state index contributed by atoms with van der Waals surface area (Å²) in [5, 5.41) is 12.1. The number of carbonyl (C=O) groups excluding carboxylic acids is 1. The van der Waals surface area contributed by atoms with Gasteiger partial charge in [0.25, 0.3) is 5.56 Å². The van der Waals surface area contributed by atoms with Crippen LogP contribution in [0.2, 0.25) is 0 Å². The Morgan fingerprint density at radius 3 is 2.56 bits per heavy atom.